The van der Waals surface area contributed by atoms with Crippen LogP contribution in [0.2, 0.25) is 0 Å². The van der Waals surface area contributed by atoms with Crippen LogP contribution >= 0.6 is 15.9 Å². The highest BCUT2D eigenvalue weighted by atomic mass is 79.9. The van der Waals surface area contributed by atoms with E-state index in [0.717, 1.165) is 32.5 Å². The van der Waals surface area contributed by atoms with E-state index >= 15 is 0 Å². The predicted octanol–water partition coefficient (Wildman–Crippen LogP) is 4.24. The minimum atomic E-state index is -0.486. The van der Waals surface area contributed by atoms with Crippen molar-refractivity contribution >= 4 is 27.6 Å². The van der Waals surface area contributed by atoms with Gasteiger partial charge in [-0.2, -0.15) is 5.10 Å². The molecule has 1 aromatic heterocycles. The maximum absolute atomic E-state index is 12.1. The van der Waals surface area contributed by atoms with Gasteiger partial charge >= 0.3 is 6.03 Å². The molecular weight excluding hydrogens is 380 g/mol. The van der Waals surface area contributed by atoms with Crippen LogP contribution in [0.25, 0.3) is 11.3 Å². The number of hydrogen-bond donors (Lipinski definition) is 1. The second kappa shape index (κ2) is 7.11. The van der Waals surface area contributed by atoms with Crippen LogP contribution in [0, 0.1) is 6.92 Å². The minimum absolute atomic E-state index is 0.425. The molecule has 128 valence electrons. The summed E-state index contributed by atoms with van der Waals surface area (Å²) in [7, 11) is 1.87. The summed E-state index contributed by atoms with van der Waals surface area (Å²) in [6, 6.07) is 15.2. The molecule has 1 heterocycles. The van der Waals surface area contributed by atoms with Crippen LogP contribution in [0.1, 0.15) is 11.1 Å². The fourth-order valence-corrected chi connectivity index (χ4v) is 3.34. The first-order valence-electron chi connectivity index (χ1n) is 7.87. The summed E-state index contributed by atoms with van der Waals surface area (Å²) < 4.78 is 2.64. The molecular formula is C19H19BrN4O. The van der Waals surface area contributed by atoms with Gasteiger partial charge in [0.25, 0.3) is 0 Å². The summed E-state index contributed by atoms with van der Waals surface area (Å²) in [6.07, 6.45) is 1.89. The maximum Gasteiger partial charge on any atom is 0.319 e. The first-order chi connectivity index (χ1) is 12.0. The summed E-state index contributed by atoms with van der Waals surface area (Å²) in [6.45, 7) is 2.45. The minimum Gasteiger partial charge on any atom is -0.351 e. The number of primary amides is 1. The molecule has 0 bridgehead atoms. The lowest BCUT2D eigenvalue weighted by atomic mass is 10.1. The van der Waals surface area contributed by atoms with Gasteiger partial charge in [0, 0.05) is 24.5 Å². The Morgan fingerprint density at radius 3 is 2.64 bits per heavy atom. The molecule has 3 aromatic rings. The number of hydrogen-bond acceptors (Lipinski definition) is 2. The van der Waals surface area contributed by atoms with E-state index in [1.54, 1.807) is 9.58 Å². The van der Waals surface area contributed by atoms with Crippen molar-refractivity contribution in [2.75, 3.05) is 4.90 Å². The number of nitrogens with zero attached hydrogens (tertiary/aromatic N) is 3. The van der Waals surface area contributed by atoms with Crippen LogP contribution in [0.4, 0.5) is 10.5 Å². The molecule has 0 aliphatic rings. The number of aromatic nitrogens is 2. The number of rotatable bonds is 4. The Morgan fingerprint density at radius 2 is 2.00 bits per heavy atom. The van der Waals surface area contributed by atoms with E-state index in [1.807, 2.05) is 68.7 Å². The van der Waals surface area contributed by atoms with Crippen molar-refractivity contribution in [3.05, 3.63) is 70.3 Å². The monoisotopic (exact) mass is 398 g/mol. The van der Waals surface area contributed by atoms with E-state index in [9.17, 15) is 4.79 Å². The summed E-state index contributed by atoms with van der Waals surface area (Å²) in [5, 5.41) is 4.46. The van der Waals surface area contributed by atoms with Crippen molar-refractivity contribution < 1.29 is 4.79 Å². The number of amides is 2. The second-order valence-electron chi connectivity index (χ2n) is 5.90. The van der Waals surface area contributed by atoms with Gasteiger partial charge in [-0.1, -0.05) is 36.4 Å². The summed E-state index contributed by atoms with van der Waals surface area (Å²) >= 11 is 3.52. The highest BCUT2D eigenvalue weighted by Crippen LogP contribution is 2.30. The number of nitrogens with two attached hydrogens (primary N) is 1. The number of carbonyl (C=O) groups is 1. The summed E-state index contributed by atoms with van der Waals surface area (Å²) in [4.78, 5) is 13.6. The molecule has 0 unspecified atom stereocenters. The van der Waals surface area contributed by atoms with E-state index in [-0.39, 0.29) is 0 Å². The molecule has 0 aliphatic heterocycles. The fraction of sp³-hybridized carbons (Fsp3) is 0.158. The van der Waals surface area contributed by atoms with Gasteiger partial charge in [0.05, 0.1) is 11.0 Å². The number of halogens is 1. The highest BCUT2D eigenvalue weighted by molar-refractivity contribution is 9.10. The first-order valence-corrected chi connectivity index (χ1v) is 8.66. The molecule has 2 N–H and O–H groups in total. The Morgan fingerprint density at radius 1 is 1.24 bits per heavy atom. The van der Waals surface area contributed by atoms with Crippen molar-refractivity contribution in [3.63, 3.8) is 0 Å². The molecule has 6 heteroatoms. The number of aryl methyl sites for hydroxylation is 2. The van der Waals surface area contributed by atoms with Gasteiger partial charge in [-0.25, -0.2) is 4.79 Å². The van der Waals surface area contributed by atoms with E-state index in [4.69, 9.17) is 5.73 Å². The van der Waals surface area contributed by atoms with Gasteiger partial charge in [-0.15, -0.1) is 0 Å². The van der Waals surface area contributed by atoms with Gasteiger partial charge < -0.3 is 5.73 Å². The molecule has 3 rings (SSSR count). The fourth-order valence-electron chi connectivity index (χ4n) is 2.73. The standard InChI is InChI=1S/C19H19BrN4O/c1-13-6-3-4-7-15(13)11-24(19(21)25)16-9-5-8-14(10-16)18-17(20)12-23(2)22-18/h3-10,12H,11H2,1-2H3,(H2,21,25). The third kappa shape index (κ3) is 3.74. The third-order valence-electron chi connectivity index (χ3n) is 4.07. The molecule has 5 nitrogen and oxygen atoms in total. The van der Waals surface area contributed by atoms with Crippen LogP contribution < -0.4 is 10.6 Å². The maximum atomic E-state index is 12.1. The number of urea groups is 1. The molecule has 0 atom stereocenters. The van der Waals surface area contributed by atoms with Crippen molar-refractivity contribution in [1.82, 2.24) is 9.78 Å². The molecule has 0 saturated carbocycles. The molecule has 0 saturated heterocycles. The molecule has 2 amide bonds. The van der Waals surface area contributed by atoms with Gasteiger partial charge in [-0.05, 0) is 46.1 Å². The average molecular weight is 399 g/mol. The summed E-state index contributed by atoms with van der Waals surface area (Å²) in [5.74, 6) is 0. The summed E-state index contributed by atoms with van der Waals surface area (Å²) in [5.41, 5.74) is 10.3. The Hall–Kier alpha value is -2.60. The smallest absolute Gasteiger partial charge is 0.319 e. The van der Waals surface area contributed by atoms with Crippen molar-refractivity contribution in [1.29, 1.82) is 0 Å². The highest BCUT2D eigenvalue weighted by Gasteiger charge is 2.16. The molecule has 2 aromatic carbocycles. The Bertz CT molecular complexity index is 919. The zero-order valence-electron chi connectivity index (χ0n) is 14.1. The van der Waals surface area contributed by atoms with Gasteiger partial charge in [-0.3, -0.25) is 9.58 Å². The number of carbonyl (C=O) groups excluding carboxylic acids is 1. The zero-order valence-corrected chi connectivity index (χ0v) is 15.7. The first kappa shape index (κ1) is 17.2. The molecule has 0 aliphatic carbocycles. The molecule has 25 heavy (non-hydrogen) atoms. The van der Waals surface area contributed by atoms with Crippen molar-refractivity contribution in [3.8, 4) is 11.3 Å². The van der Waals surface area contributed by atoms with Gasteiger partial charge in [0.15, 0.2) is 0 Å². The lowest BCUT2D eigenvalue weighted by molar-refractivity contribution is 0.253. The van der Waals surface area contributed by atoms with E-state index in [1.165, 1.54) is 0 Å². The molecule has 0 spiro atoms. The van der Waals surface area contributed by atoms with E-state index < -0.39 is 6.03 Å². The quantitative estimate of drug-likeness (QED) is 0.713. The zero-order chi connectivity index (χ0) is 18.0. The van der Waals surface area contributed by atoms with Gasteiger partial charge in [0.2, 0.25) is 0 Å². The van der Waals surface area contributed by atoms with Crippen LogP contribution in [0.5, 0.6) is 0 Å². The average Bonchev–Trinajstić information content (AvgIpc) is 2.92. The Balaban J connectivity index is 1.98. The normalized spacial score (nSPS) is 10.7. The Kier molecular flexibility index (Phi) is 4.90. The molecule has 0 fully saturated rings. The van der Waals surface area contributed by atoms with E-state index in [2.05, 4.69) is 21.0 Å². The predicted molar refractivity (Wildman–Crippen MR) is 103 cm³/mol. The number of benzene rings is 2. The lowest BCUT2D eigenvalue weighted by Crippen LogP contribution is -2.35. The van der Waals surface area contributed by atoms with Crippen LogP contribution in [0.15, 0.2) is 59.2 Å². The largest absolute Gasteiger partial charge is 0.351 e. The number of anilines is 1. The van der Waals surface area contributed by atoms with Crippen LogP contribution in [-0.2, 0) is 13.6 Å². The van der Waals surface area contributed by atoms with Crippen molar-refractivity contribution in [2.24, 2.45) is 12.8 Å². The van der Waals surface area contributed by atoms with Gasteiger partial charge in [0.1, 0.15) is 5.69 Å². The van der Waals surface area contributed by atoms with E-state index in [0.29, 0.717) is 6.54 Å². The lowest BCUT2D eigenvalue weighted by Gasteiger charge is -2.22. The van der Waals surface area contributed by atoms with Crippen LogP contribution in [0.3, 0.4) is 0 Å². The topological polar surface area (TPSA) is 64.2 Å². The second-order valence-corrected chi connectivity index (χ2v) is 6.75. The third-order valence-corrected chi connectivity index (χ3v) is 4.65. The SMILES string of the molecule is Cc1ccccc1CN(C(N)=O)c1cccc(-c2nn(C)cc2Br)c1. The Labute approximate surface area is 155 Å². The van der Waals surface area contributed by atoms with Crippen LogP contribution in [-0.4, -0.2) is 15.8 Å². The van der Waals surface area contributed by atoms with Crippen molar-refractivity contribution in [2.45, 2.75) is 13.5 Å². The molecule has 0 radical (unpaired) electrons.